The Hall–Kier alpha value is -2.06. The lowest BCUT2D eigenvalue weighted by atomic mass is 9.93. The Morgan fingerprint density at radius 1 is 1.09 bits per heavy atom. The number of piperidine rings is 1. The van der Waals surface area contributed by atoms with Crippen LogP contribution in [0, 0.1) is 0 Å². The van der Waals surface area contributed by atoms with Gasteiger partial charge in [-0.25, -0.2) is 4.98 Å². The average Bonchev–Trinajstić information content (AvgIpc) is 2.82. The minimum absolute atomic E-state index is 0.177. The Morgan fingerprint density at radius 3 is 2.21 bits per heavy atom. The number of aliphatic imine (C=N–C) groups is 2. The van der Waals surface area contributed by atoms with Gasteiger partial charge >= 0.3 is 0 Å². The van der Waals surface area contributed by atoms with Crippen molar-refractivity contribution in [2.75, 3.05) is 34.4 Å². The van der Waals surface area contributed by atoms with Crippen molar-refractivity contribution in [2.45, 2.75) is 31.9 Å². The first-order valence-electron chi connectivity index (χ1n) is 10.3. The van der Waals surface area contributed by atoms with Gasteiger partial charge in [-0.15, -0.1) is 0 Å². The maximum Gasteiger partial charge on any atom is 0.141 e. The fraction of sp³-hybridized carbons (Fsp3) is 0.435. The summed E-state index contributed by atoms with van der Waals surface area (Å²) in [6, 6.07) is 3.39. The normalized spacial score (nSPS) is 16.0. The number of hydrogen-bond donors (Lipinski definition) is 0. The van der Waals surface area contributed by atoms with Crippen LogP contribution in [0.1, 0.15) is 30.9 Å². The third-order valence-electron chi connectivity index (χ3n) is 5.93. The maximum absolute atomic E-state index is 6.57. The van der Waals surface area contributed by atoms with E-state index in [2.05, 4.69) is 28.5 Å². The van der Waals surface area contributed by atoms with E-state index in [1.54, 1.807) is 25.4 Å². The maximum atomic E-state index is 6.57. The van der Waals surface area contributed by atoms with Gasteiger partial charge in [-0.1, -0.05) is 34.8 Å². The molecule has 33 heavy (non-hydrogen) atoms. The molecule has 0 amide bonds. The van der Waals surface area contributed by atoms with Crippen LogP contribution in [-0.2, 0) is 11.3 Å². The number of aromatic nitrogens is 1. The Labute approximate surface area is 209 Å². The van der Waals surface area contributed by atoms with Crippen LogP contribution in [0.25, 0.3) is 0 Å². The Kier molecular flexibility index (Phi) is 8.45. The molecule has 1 fully saturated rings. The van der Waals surface area contributed by atoms with E-state index in [9.17, 15) is 0 Å². The van der Waals surface area contributed by atoms with E-state index in [1.165, 1.54) is 14.2 Å². The van der Waals surface area contributed by atoms with Gasteiger partial charge < -0.3 is 19.1 Å². The molecule has 0 bridgehead atoms. The number of likely N-dealkylation sites (tertiary alicyclic amines) is 1. The molecule has 10 heteroatoms. The zero-order valence-electron chi connectivity index (χ0n) is 19.1. The summed E-state index contributed by atoms with van der Waals surface area (Å²) in [4.78, 5) is 15.4. The standard InChI is InChI=1S/C23H27Cl3N4O3/c1-23(33-5)6-8-30(9-7-23)22(14-10-19(24)28-13-16(14)27-2)29-12-15-20(25)17(31-3)11-18(32-4)21(15)26/h10-11,13H,2,6-9,12H2,1,3-5H3. The number of amidine groups is 1. The third-order valence-corrected chi connectivity index (χ3v) is 6.96. The number of methoxy groups -OCH3 is 3. The van der Waals surface area contributed by atoms with Gasteiger partial charge in [-0.3, -0.25) is 9.98 Å². The minimum Gasteiger partial charge on any atom is -0.495 e. The molecule has 2 heterocycles. The lowest BCUT2D eigenvalue weighted by molar-refractivity contribution is -0.0318. The molecule has 0 unspecified atom stereocenters. The van der Waals surface area contributed by atoms with Gasteiger partial charge in [0.1, 0.15) is 22.5 Å². The van der Waals surface area contributed by atoms with Crippen LogP contribution in [0.5, 0.6) is 11.5 Å². The van der Waals surface area contributed by atoms with Gasteiger partial charge in [-0.2, -0.15) is 0 Å². The van der Waals surface area contributed by atoms with E-state index in [4.69, 9.17) is 54.0 Å². The molecule has 1 aromatic heterocycles. The van der Waals surface area contributed by atoms with Crippen LogP contribution < -0.4 is 9.47 Å². The summed E-state index contributed by atoms with van der Waals surface area (Å²) in [5, 5.41) is 1.10. The monoisotopic (exact) mass is 512 g/mol. The van der Waals surface area contributed by atoms with Gasteiger partial charge in [-0.05, 0) is 32.5 Å². The highest BCUT2D eigenvalue weighted by atomic mass is 35.5. The fourth-order valence-electron chi connectivity index (χ4n) is 3.71. The van der Waals surface area contributed by atoms with Crippen molar-refractivity contribution < 1.29 is 14.2 Å². The smallest absolute Gasteiger partial charge is 0.141 e. The zero-order chi connectivity index (χ0) is 24.2. The van der Waals surface area contributed by atoms with E-state index in [0.29, 0.717) is 43.8 Å². The van der Waals surface area contributed by atoms with Crippen LogP contribution in [0.2, 0.25) is 15.2 Å². The van der Waals surface area contributed by atoms with Gasteiger partial charge in [0.05, 0.1) is 48.3 Å². The lowest BCUT2D eigenvalue weighted by Crippen LogP contribution is -2.46. The second-order valence-electron chi connectivity index (χ2n) is 7.85. The molecule has 1 saturated heterocycles. The molecular weight excluding hydrogens is 487 g/mol. The molecule has 0 radical (unpaired) electrons. The Bertz CT molecular complexity index is 1030. The molecular formula is C23H27Cl3N4O3. The molecule has 0 atom stereocenters. The zero-order valence-corrected chi connectivity index (χ0v) is 21.4. The second kappa shape index (κ2) is 10.9. The summed E-state index contributed by atoms with van der Waals surface area (Å²) in [6.07, 6.45) is 3.26. The van der Waals surface area contributed by atoms with Gasteiger partial charge in [0, 0.05) is 37.4 Å². The molecule has 2 aromatic rings. The predicted molar refractivity (Wildman–Crippen MR) is 134 cm³/mol. The average molecular weight is 514 g/mol. The first-order chi connectivity index (χ1) is 15.8. The van der Waals surface area contributed by atoms with Crippen LogP contribution >= 0.6 is 34.8 Å². The predicted octanol–water partition coefficient (Wildman–Crippen LogP) is 5.84. The van der Waals surface area contributed by atoms with Gasteiger partial charge in [0.2, 0.25) is 0 Å². The Balaban J connectivity index is 2.08. The van der Waals surface area contributed by atoms with Crippen molar-refractivity contribution in [1.29, 1.82) is 0 Å². The molecule has 1 aliphatic rings. The molecule has 0 spiro atoms. The number of hydrogen-bond acceptors (Lipinski definition) is 6. The molecule has 7 nitrogen and oxygen atoms in total. The van der Waals surface area contributed by atoms with E-state index in [0.717, 1.165) is 31.5 Å². The largest absolute Gasteiger partial charge is 0.495 e. The highest BCUT2D eigenvalue weighted by molar-refractivity contribution is 6.38. The first kappa shape index (κ1) is 25.6. The number of nitrogens with zero attached hydrogens (tertiary/aromatic N) is 4. The SMILES string of the molecule is C=Nc1cnc(Cl)cc1C(=NCc1c(Cl)c(OC)cc(OC)c1Cl)N1CCC(C)(OC)CC1. The number of halogens is 3. The summed E-state index contributed by atoms with van der Waals surface area (Å²) < 4.78 is 16.5. The minimum atomic E-state index is -0.177. The molecule has 3 rings (SSSR count). The van der Waals surface area contributed by atoms with Crippen molar-refractivity contribution in [3.8, 4) is 11.5 Å². The van der Waals surface area contributed by atoms with Crippen LogP contribution in [0.3, 0.4) is 0 Å². The molecule has 0 saturated carbocycles. The number of pyridine rings is 1. The quantitative estimate of drug-likeness (QED) is 0.264. The van der Waals surface area contributed by atoms with Crippen molar-refractivity contribution in [1.82, 2.24) is 9.88 Å². The first-order valence-corrected chi connectivity index (χ1v) is 11.5. The molecule has 178 valence electrons. The number of benzene rings is 1. The van der Waals surface area contributed by atoms with Crippen LogP contribution in [-0.4, -0.2) is 62.5 Å². The van der Waals surface area contributed by atoms with Crippen molar-refractivity contribution in [3.05, 3.63) is 44.7 Å². The Morgan fingerprint density at radius 2 is 1.70 bits per heavy atom. The third kappa shape index (κ3) is 5.54. The summed E-state index contributed by atoms with van der Waals surface area (Å²) in [5.74, 6) is 1.62. The van der Waals surface area contributed by atoms with Crippen molar-refractivity contribution >= 4 is 53.0 Å². The van der Waals surface area contributed by atoms with Crippen molar-refractivity contribution in [2.24, 2.45) is 9.98 Å². The summed E-state index contributed by atoms with van der Waals surface area (Å²) in [6.45, 7) is 7.46. The van der Waals surface area contributed by atoms with Gasteiger partial charge in [0.25, 0.3) is 0 Å². The van der Waals surface area contributed by atoms with E-state index >= 15 is 0 Å². The van der Waals surface area contributed by atoms with Gasteiger partial charge in [0.15, 0.2) is 0 Å². The second-order valence-corrected chi connectivity index (χ2v) is 8.99. The topological polar surface area (TPSA) is 68.5 Å². The fourth-order valence-corrected chi connectivity index (χ4v) is 4.49. The number of ether oxygens (including phenoxy) is 3. The van der Waals surface area contributed by atoms with E-state index in [-0.39, 0.29) is 12.1 Å². The summed E-state index contributed by atoms with van der Waals surface area (Å²) >= 11 is 19.4. The number of rotatable bonds is 7. The highest BCUT2D eigenvalue weighted by Crippen LogP contribution is 2.41. The molecule has 0 aliphatic carbocycles. The molecule has 1 aromatic carbocycles. The van der Waals surface area contributed by atoms with Crippen molar-refractivity contribution in [3.63, 3.8) is 0 Å². The van der Waals surface area contributed by atoms with E-state index in [1.807, 2.05) is 0 Å². The van der Waals surface area contributed by atoms with E-state index < -0.39 is 0 Å². The van der Waals surface area contributed by atoms with Crippen LogP contribution in [0.15, 0.2) is 28.3 Å². The highest BCUT2D eigenvalue weighted by Gasteiger charge is 2.32. The van der Waals surface area contributed by atoms with Crippen LogP contribution in [0.4, 0.5) is 5.69 Å². The molecule has 1 aliphatic heterocycles. The molecule has 0 N–H and O–H groups in total. The summed E-state index contributed by atoms with van der Waals surface area (Å²) in [7, 11) is 4.82. The summed E-state index contributed by atoms with van der Waals surface area (Å²) in [5.41, 5.74) is 1.73. The lowest BCUT2D eigenvalue weighted by Gasteiger charge is -2.40.